The number of carbonyl (C=O) groups is 1. The number of nitrogens with one attached hydrogen (secondary N) is 2. The average Bonchev–Trinajstić information content (AvgIpc) is 2.98. The maximum atomic E-state index is 11.8. The second-order valence-corrected chi connectivity index (χ2v) is 4.54. The Morgan fingerprint density at radius 3 is 3.06 bits per heavy atom. The van der Waals surface area contributed by atoms with Crippen LogP contribution in [0.25, 0.3) is 0 Å². The van der Waals surface area contributed by atoms with Crippen LogP contribution in [0.1, 0.15) is 9.67 Å². The maximum absolute atomic E-state index is 11.8. The van der Waals surface area contributed by atoms with Gasteiger partial charge in [0, 0.05) is 32.5 Å². The molecular weight excluding hydrogens is 252 g/mol. The number of amides is 1. The number of nitrogens with two attached hydrogens (primary N) is 1. The summed E-state index contributed by atoms with van der Waals surface area (Å²) in [6, 6.07) is 0. The lowest BCUT2D eigenvalue weighted by Gasteiger charge is -2.04. The third-order valence-corrected chi connectivity index (χ3v) is 3.38. The Bertz CT molecular complexity index is 520. The molecule has 0 saturated carbocycles. The Kier molecular flexibility index (Phi) is 3.78. The standard InChI is InChI=1S/C10H14N6OS/c1-12-10-15-8(11)7(18-10)9(17)14-3-5-16-4-2-13-6-16/h2,4,6H,3,5,11H2,1H3,(H,12,15)(H,14,17). The van der Waals surface area contributed by atoms with Crippen molar-refractivity contribution in [2.24, 2.45) is 0 Å². The molecule has 0 aliphatic heterocycles. The highest BCUT2D eigenvalue weighted by molar-refractivity contribution is 7.18. The van der Waals surface area contributed by atoms with Crippen LogP contribution in [-0.4, -0.2) is 34.0 Å². The van der Waals surface area contributed by atoms with Gasteiger partial charge in [0.2, 0.25) is 0 Å². The van der Waals surface area contributed by atoms with E-state index < -0.39 is 0 Å². The zero-order valence-electron chi connectivity index (χ0n) is 9.88. The lowest BCUT2D eigenvalue weighted by Crippen LogP contribution is -2.26. The van der Waals surface area contributed by atoms with E-state index >= 15 is 0 Å². The van der Waals surface area contributed by atoms with E-state index in [1.165, 1.54) is 11.3 Å². The molecule has 2 rings (SSSR count). The first-order valence-corrected chi connectivity index (χ1v) is 6.20. The molecule has 0 atom stereocenters. The molecule has 0 aromatic carbocycles. The van der Waals surface area contributed by atoms with Crippen LogP contribution in [0.4, 0.5) is 10.9 Å². The molecule has 4 N–H and O–H groups in total. The van der Waals surface area contributed by atoms with Crippen molar-refractivity contribution in [3.63, 3.8) is 0 Å². The fourth-order valence-electron chi connectivity index (χ4n) is 1.40. The summed E-state index contributed by atoms with van der Waals surface area (Å²) < 4.78 is 1.88. The van der Waals surface area contributed by atoms with Gasteiger partial charge in [-0.15, -0.1) is 0 Å². The van der Waals surface area contributed by atoms with E-state index in [9.17, 15) is 4.79 Å². The predicted octanol–water partition coefficient (Wildman–Crippen LogP) is 0.394. The minimum atomic E-state index is -0.202. The van der Waals surface area contributed by atoms with E-state index in [1.807, 2.05) is 10.8 Å². The number of aromatic nitrogens is 3. The van der Waals surface area contributed by atoms with Crippen LogP contribution in [0.5, 0.6) is 0 Å². The molecule has 0 unspecified atom stereocenters. The Morgan fingerprint density at radius 2 is 2.44 bits per heavy atom. The highest BCUT2D eigenvalue weighted by Crippen LogP contribution is 2.23. The van der Waals surface area contributed by atoms with Crippen molar-refractivity contribution in [3.05, 3.63) is 23.6 Å². The van der Waals surface area contributed by atoms with Crippen molar-refractivity contribution >= 4 is 28.2 Å². The maximum Gasteiger partial charge on any atom is 0.265 e. The highest BCUT2D eigenvalue weighted by atomic mass is 32.1. The van der Waals surface area contributed by atoms with Crippen molar-refractivity contribution in [1.82, 2.24) is 19.9 Å². The second-order valence-electron chi connectivity index (χ2n) is 3.54. The molecule has 0 spiro atoms. The van der Waals surface area contributed by atoms with Crippen LogP contribution in [0.15, 0.2) is 18.7 Å². The number of rotatable bonds is 5. The third kappa shape index (κ3) is 2.77. The molecule has 96 valence electrons. The summed E-state index contributed by atoms with van der Waals surface area (Å²) >= 11 is 1.24. The summed E-state index contributed by atoms with van der Waals surface area (Å²) in [5, 5.41) is 6.28. The molecule has 7 nitrogen and oxygen atoms in total. The van der Waals surface area contributed by atoms with Crippen LogP contribution in [0.3, 0.4) is 0 Å². The molecule has 0 saturated heterocycles. The molecule has 0 fully saturated rings. The summed E-state index contributed by atoms with van der Waals surface area (Å²) in [5.74, 6) is 0.0519. The van der Waals surface area contributed by atoms with E-state index in [1.54, 1.807) is 19.6 Å². The minimum Gasteiger partial charge on any atom is -0.382 e. The van der Waals surface area contributed by atoms with E-state index in [4.69, 9.17) is 5.73 Å². The van der Waals surface area contributed by atoms with Crippen LogP contribution in [-0.2, 0) is 6.54 Å². The Balaban J connectivity index is 1.89. The zero-order chi connectivity index (χ0) is 13.0. The van der Waals surface area contributed by atoms with Crippen molar-refractivity contribution in [3.8, 4) is 0 Å². The normalized spacial score (nSPS) is 10.3. The number of hydrogen-bond donors (Lipinski definition) is 3. The summed E-state index contributed by atoms with van der Waals surface area (Å²) in [7, 11) is 1.74. The number of thiazole rings is 1. The van der Waals surface area contributed by atoms with Gasteiger partial charge in [0.1, 0.15) is 10.7 Å². The lowest BCUT2D eigenvalue weighted by atomic mass is 10.4. The monoisotopic (exact) mass is 266 g/mol. The van der Waals surface area contributed by atoms with Gasteiger partial charge in [-0.1, -0.05) is 11.3 Å². The van der Waals surface area contributed by atoms with E-state index in [0.717, 1.165) is 0 Å². The first-order chi connectivity index (χ1) is 8.70. The average molecular weight is 266 g/mol. The first-order valence-electron chi connectivity index (χ1n) is 5.38. The van der Waals surface area contributed by atoms with Gasteiger partial charge >= 0.3 is 0 Å². The van der Waals surface area contributed by atoms with Gasteiger partial charge in [-0.2, -0.15) is 0 Å². The van der Waals surface area contributed by atoms with E-state index in [-0.39, 0.29) is 11.7 Å². The SMILES string of the molecule is CNc1nc(N)c(C(=O)NCCn2ccnc2)s1. The van der Waals surface area contributed by atoms with Crippen LogP contribution in [0.2, 0.25) is 0 Å². The molecule has 2 heterocycles. The van der Waals surface area contributed by atoms with Crippen molar-refractivity contribution in [1.29, 1.82) is 0 Å². The number of carbonyl (C=O) groups excluding carboxylic acids is 1. The fraction of sp³-hybridized carbons (Fsp3) is 0.300. The van der Waals surface area contributed by atoms with Crippen molar-refractivity contribution in [2.45, 2.75) is 6.54 Å². The van der Waals surface area contributed by atoms with Gasteiger partial charge in [-0.05, 0) is 0 Å². The molecule has 0 aliphatic rings. The summed E-state index contributed by atoms with van der Waals surface area (Å²) in [6.45, 7) is 1.19. The summed E-state index contributed by atoms with van der Waals surface area (Å²) in [6.07, 6.45) is 5.24. The van der Waals surface area contributed by atoms with Gasteiger partial charge in [-0.3, -0.25) is 4.79 Å². The third-order valence-electron chi connectivity index (χ3n) is 2.29. The molecule has 2 aromatic rings. The van der Waals surface area contributed by atoms with E-state index in [0.29, 0.717) is 23.1 Å². The molecule has 2 aromatic heterocycles. The second kappa shape index (κ2) is 5.50. The Morgan fingerprint density at radius 1 is 1.61 bits per heavy atom. The van der Waals surface area contributed by atoms with Crippen LogP contribution >= 0.6 is 11.3 Å². The minimum absolute atomic E-state index is 0.202. The molecule has 0 aliphatic carbocycles. The lowest BCUT2D eigenvalue weighted by molar-refractivity contribution is 0.0957. The smallest absolute Gasteiger partial charge is 0.265 e. The van der Waals surface area contributed by atoms with Gasteiger partial charge in [0.15, 0.2) is 5.13 Å². The molecule has 0 radical (unpaired) electrons. The molecule has 8 heteroatoms. The predicted molar refractivity (Wildman–Crippen MR) is 70.6 cm³/mol. The molecule has 18 heavy (non-hydrogen) atoms. The Labute approximate surface area is 108 Å². The molecular formula is C10H14N6OS. The number of hydrogen-bond acceptors (Lipinski definition) is 6. The largest absolute Gasteiger partial charge is 0.382 e. The van der Waals surface area contributed by atoms with Gasteiger partial charge in [0.25, 0.3) is 5.91 Å². The number of nitrogen functional groups attached to an aromatic ring is 1. The fourth-order valence-corrected chi connectivity index (χ4v) is 2.15. The highest BCUT2D eigenvalue weighted by Gasteiger charge is 2.14. The topological polar surface area (TPSA) is 97.9 Å². The quantitative estimate of drug-likeness (QED) is 0.727. The number of anilines is 2. The Hall–Kier alpha value is -2.09. The number of imidazole rings is 1. The van der Waals surface area contributed by atoms with Gasteiger partial charge in [0.05, 0.1) is 6.33 Å². The molecule has 0 bridgehead atoms. The van der Waals surface area contributed by atoms with Crippen LogP contribution < -0.4 is 16.4 Å². The summed E-state index contributed by atoms with van der Waals surface area (Å²) in [4.78, 5) is 20.2. The van der Waals surface area contributed by atoms with Crippen molar-refractivity contribution < 1.29 is 4.79 Å². The zero-order valence-corrected chi connectivity index (χ0v) is 10.7. The molecule has 1 amide bonds. The van der Waals surface area contributed by atoms with Gasteiger partial charge < -0.3 is 20.9 Å². The van der Waals surface area contributed by atoms with Gasteiger partial charge in [-0.25, -0.2) is 9.97 Å². The first kappa shape index (κ1) is 12.4. The summed E-state index contributed by atoms with van der Waals surface area (Å²) in [5.41, 5.74) is 5.67. The van der Waals surface area contributed by atoms with Crippen molar-refractivity contribution in [2.75, 3.05) is 24.6 Å². The van der Waals surface area contributed by atoms with E-state index in [2.05, 4.69) is 20.6 Å². The van der Waals surface area contributed by atoms with Crippen LogP contribution in [0, 0.1) is 0 Å². The number of nitrogens with zero attached hydrogens (tertiary/aromatic N) is 3.